The highest BCUT2D eigenvalue weighted by atomic mass is 16.3. The highest BCUT2D eigenvalue weighted by molar-refractivity contribution is 5.28. The summed E-state index contributed by atoms with van der Waals surface area (Å²) in [4.78, 5) is 0. The molecule has 0 heterocycles. The van der Waals surface area contributed by atoms with Gasteiger partial charge in [0.25, 0.3) is 0 Å². The third kappa shape index (κ3) is 1.86. The number of hydrogen-bond donors (Lipinski definition) is 1. The molecular formula is C10H16O. The van der Waals surface area contributed by atoms with Crippen LogP contribution in [-0.2, 0) is 0 Å². The SMILES string of the molecule is CC1C=CC(C(C)C)=C(O)C1. The van der Waals surface area contributed by atoms with Crippen LogP contribution in [0.2, 0.25) is 0 Å². The van der Waals surface area contributed by atoms with Crippen LogP contribution in [-0.4, -0.2) is 5.11 Å². The van der Waals surface area contributed by atoms with Crippen molar-refractivity contribution in [2.45, 2.75) is 27.2 Å². The Morgan fingerprint density at radius 1 is 1.55 bits per heavy atom. The summed E-state index contributed by atoms with van der Waals surface area (Å²) < 4.78 is 0. The number of aliphatic hydroxyl groups is 1. The molecule has 0 aliphatic heterocycles. The van der Waals surface area contributed by atoms with E-state index in [4.69, 9.17) is 0 Å². The van der Waals surface area contributed by atoms with E-state index in [9.17, 15) is 5.11 Å². The minimum absolute atomic E-state index is 0.443. The van der Waals surface area contributed by atoms with Crippen LogP contribution in [0.3, 0.4) is 0 Å². The summed E-state index contributed by atoms with van der Waals surface area (Å²) in [6, 6.07) is 0. The fourth-order valence-electron chi connectivity index (χ4n) is 1.38. The second kappa shape index (κ2) is 3.12. The maximum atomic E-state index is 9.54. The van der Waals surface area contributed by atoms with Crippen LogP contribution >= 0.6 is 0 Å². The van der Waals surface area contributed by atoms with Gasteiger partial charge in [-0.05, 0) is 17.4 Å². The second-order valence-corrected chi connectivity index (χ2v) is 3.60. The normalized spacial score (nSPS) is 24.9. The van der Waals surface area contributed by atoms with Gasteiger partial charge in [0, 0.05) is 6.42 Å². The van der Waals surface area contributed by atoms with Crippen LogP contribution in [0, 0.1) is 11.8 Å². The second-order valence-electron chi connectivity index (χ2n) is 3.60. The van der Waals surface area contributed by atoms with Crippen molar-refractivity contribution in [2.75, 3.05) is 0 Å². The van der Waals surface area contributed by atoms with E-state index < -0.39 is 0 Å². The molecule has 1 unspecified atom stereocenters. The first-order chi connectivity index (χ1) is 5.11. The smallest absolute Gasteiger partial charge is 0.0962 e. The molecule has 11 heavy (non-hydrogen) atoms. The van der Waals surface area contributed by atoms with E-state index in [2.05, 4.69) is 26.8 Å². The molecule has 62 valence electrons. The van der Waals surface area contributed by atoms with Gasteiger partial charge in [-0.25, -0.2) is 0 Å². The third-order valence-electron chi connectivity index (χ3n) is 2.07. The minimum Gasteiger partial charge on any atom is -0.512 e. The van der Waals surface area contributed by atoms with Crippen molar-refractivity contribution in [2.24, 2.45) is 11.8 Å². The van der Waals surface area contributed by atoms with Gasteiger partial charge in [-0.15, -0.1) is 0 Å². The molecule has 0 aromatic heterocycles. The molecule has 1 N–H and O–H groups in total. The van der Waals surface area contributed by atoms with Gasteiger partial charge in [-0.3, -0.25) is 0 Å². The highest BCUT2D eigenvalue weighted by Crippen LogP contribution is 2.25. The van der Waals surface area contributed by atoms with Crippen LogP contribution < -0.4 is 0 Å². The van der Waals surface area contributed by atoms with E-state index in [1.807, 2.05) is 6.08 Å². The lowest BCUT2D eigenvalue weighted by Crippen LogP contribution is -2.05. The largest absolute Gasteiger partial charge is 0.512 e. The van der Waals surface area contributed by atoms with Gasteiger partial charge in [-0.2, -0.15) is 0 Å². The van der Waals surface area contributed by atoms with E-state index in [0.717, 1.165) is 12.0 Å². The third-order valence-corrected chi connectivity index (χ3v) is 2.07. The molecule has 0 aromatic rings. The van der Waals surface area contributed by atoms with Crippen molar-refractivity contribution in [1.82, 2.24) is 0 Å². The first kappa shape index (κ1) is 8.38. The zero-order valence-electron chi connectivity index (χ0n) is 7.46. The zero-order chi connectivity index (χ0) is 8.43. The molecule has 0 radical (unpaired) electrons. The topological polar surface area (TPSA) is 20.2 Å². The Hall–Kier alpha value is -0.720. The first-order valence-electron chi connectivity index (χ1n) is 4.21. The van der Waals surface area contributed by atoms with Gasteiger partial charge in [-0.1, -0.05) is 32.9 Å². The lowest BCUT2D eigenvalue weighted by molar-refractivity contribution is 0.356. The molecule has 1 aliphatic carbocycles. The lowest BCUT2D eigenvalue weighted by atomic mass is 9.91. The minimum atomic E-state index is 0.443. The highest BCUT2D eigenvalue weighted by Gasteiger charge is 2.13. The quantitative estimate of drug-likeness (QED) is 0.612. The summed E-state index contributed by atoms with van der Waals surface area (Å²) in [5.41, 5.74) is 1.10. The van der Waals surface area contributed by atoms with Crippen molar-refractivity contribution in [1.29, 1.82) is 0 Å². The summed E-state index contributed by atoms with van der Waals surface area (Å²) in [6.07, 6.45) is 5.02. The Kier molecular flexibility index (Phi) is 2.38. The number of hydrogen-bond acceptors (Lipinski definition) is 1. The van der Waals surface area contributed by atoms with E-state index in [1.165, 1.54) is 0 Å². The Balaban J connectivity index is 2.80. The first-order valence-corrected chi connectivity index (χ1v) is 4.21. The van der Waals surface area contributed by atoms with Crippen molar-refractivity contribution in [3.05, 3.63) is 23.5 Å². The molecule has 0 aromatic carbocycles. The summed E-state index contributed by atoms with van der Waals surface area (Å²) in [5, 5.41) is 9.54. The van der Waals surface area contributed by atoms with Crippen LogP contribution in [0.15, 0.2) is 23.5 Å². The molecular weight excluding hydrogens is 136 g/mol. The van der Waals surface area contributed by atoms with Gasteiger partial charge < -0.3 is 5.11 Å². The summed E-state index contributed by atoms with van der Waals surface area (Å²) >= 11 is 0. The van der Waals surface area contributed by atoms with Crippen LogP contribution in [0.4, 0.5) is 0 Å². The Bertz CT molecular complexity index is 199. The maximum Gasteiger partial charge on any atom is 0.0962 e. The number of rotatable bonds is 1. The molecule has 1 nitrogen and oxygen atoms in total. The van der Waals surface area contributed by atoms with Crippen LogP contribution in [0.25, 0.3) is 0 Å². The fraction of sp³-hybridized carbons (Fsp3) is 0.600. The molecule has 0 amide bonds. The van der Waals surface area contributed by atoms with Crippen molar-refractivity contribution < 1.29 is 5.11 Å². The van der Waals surface area contributed by atoms with Crippen LogP contribution in [0.1, 0.15) is 27.2 Å². The maximum absolute atomic E-state index is 9.54. The molecule has 1 rings (SSSR count). The standard InChI is InChI=1S/C10H16O/c1-7(2)9-5-4-8(3)6-10(9)11/h4-5,7-8,11H,6H2,1-3H3. The predicted molar refractivity (Wildman–Crippen MR) is 47.4 cm³/mol. The lowest BCUT2D eigenvalue weighted by Gasteiger charge is -2.17. The van der Waals surface area contributed by atoms with Crippen LogP contribution in [0.5, 0.6) is 0 Å². The summed E-state index contributed by atoms with van der Waals surface area (Å²) in [7, 11) is 0. The molecule has 0 saturated carbocycles. The van der Waals surface area contributed by atoms with Crippen molar-refractivity contribution in [3.8, 4) is 0 Å². The summed E-state index contributed by atoms with van der Waals surface area (Å²) in [5.74, 6) is 1.52. The molecule has 1 atom stereocenters. The van der Waals surface area contributed by atoms with Crippen molar-refractivity contribution in [3.63, 3.8) is 0 Å². The van der Waals surface area contributed by atoms with Crippen molar-refractivity contribution >= 4 is 0 Å². The van der Waals surface area contributed by atoms with Gasteiger partial charge in [0.05, 0.1) is 5.76 Å². The van der Waals surface area contributed by atoms with E-state index in [0.29, 0.717) is 17.6 Å². The average Bonchev–Trinajstić information content (AvgIpc) is 1.85. The monoisotopic (exact) mass is 152 g/mol. The van der Waals surface area contributed by atoms with Gasteiger partial charge in [0.1, 0.15) is 0 Å². The predicted octanol–water partition coefficient (Wildman–Crippen LogP) is 3.05. The average molecular weight is 152 g/mol. The Morgan fingerprint density at radius 2 is 2.18 bits per heavy atom. The Morgan fingerprint density at radius 3 is 2.64 bits per heavy atom. The van der Waals surface area contributed by atoms with Gasteiger partial charge >= 0.3 is 0 Å². The number of allylic oxidation sites excluding steroid dienone is 4. The molecule has 0 saturated heterocycles. The molecule has 0 fully saturated rings. The van der Waals surface area contributed by atoms with Gasteiger partial charge in [0.2, 0.25) is 0 Å². The molecule has 0 spiro atoms. The van der Waals surface area contributed by atoms with E-state index in [1.54, 1.807) is 0 Å². The van der Waals surface area contributed by atoms with E-state index >= 15 is 0 Å². The van der Waals surface area contributed by atoms with E-state index in [-0.39, 0.29) is 0 Å². The van der Waals surface area contributed by atoms with Gasteiger partial charge in [0.15, 0.2) is 0 Å². The zero-order valence-corrected chi connectivity index (χ0v) is 7.46. The summed E-state index contributed by atoms with van der Waals surface area (Å²) in [6.45, 7) is 6.32. The molecule has 1 heteroatoms. The number of aliphatic hydroxyl groups excluding tert-OH is 1. The Labute approximate surface area is 68.4 Å². The fourth-order valence-corrected chi connectivity index (χ4v) is 1.38. The molecule has 0 bridgehead atoms. The molecule has 1 aliphatic rings.